The normalized spacial score (nSPS) is 15.9. The fourth-order valence-corrected chi connectivity index (χ4v) is 4.45. The molecule has 0 aliphatic carbocycles. The van der Waals surface area contributed by atoms with Crippen LogP contribution in [0.5, 0.6) is 0 Å². The van der Waals surface area contributed by atoms with Crippen molar-refractivity contribution in [2.24, 2.45) is 0 Å². The first-order valence-electron chi connectivity index (χ1n) is 12.4. The Morgan fingerprint density at radius 3 is 1.21 bits per heavy atom. The molecule has 0 spiro atoms. The van der Waals surface area contributed by atoms with Crippen molar-refractivity contribution in [1.29, 1.82) is 0 Å². The Balaban J connectivity index is 2.06. The second kappa shape index (κ2) is 9.28. The molecular weight excluding hydrogens is 484 g/mol. The van der Waals surface area contributed by atoms with Gasteiger partial charge in [-0.1, -0.05) is 48.5 Å². The maximum absolute atomic E-state index is 14.1. The minimum Gasteiger partial charge on any atom is -0.443 e. The zero-order valence-corrected chi connectivity index (χ0v) is 23.0. The predicted octanol–water partition coefficient (Wildman–Crippen LogP) is 5.98. The molecule has 0 saturated heterocycles. The van der Waals surface area contributed by atoms with Crippen LogP contribution in [-0.2, 0) is 19.1 Å². The van der Waals surface area contributed by atoms with Crippen LogP contribution in [0.4, 0.5) is 9.59 Å². The van der Waals surface area contributed by atoms with Crippen molar-refractivity contribution in [2.45, 2.75) is 66.6 Å². The van der Waals surface area contributed by atoms with Crippen LogP contribution >= 0.6 is 0 Å². The largest absolute Gasteiger partial charge is 0.443 e. The van der Waals surface area contributed by atoms with Gasteiger partial charge in [0, 0.05) is 11.1 Å². The maximum Gasteiger partial charge on any atom is 0.422 e. The summed E-state index contributed by atoms with van der Waals surface area (Å²) in [6.45, 7) is 13.8. The third-order valence-electron chi connectivity index (χ3n) is 5.96. The van der Waals surface area contributed by atoms with Crippen molar-refractivity contribution in [3.63, 3.8) is 0 Å². The lowest BCUT2D eigenvalue weighted by Crippen LogP contribution is -2.40. The van der Waals surface area contributed by atoms with Crippen molar-refractivity contribution in [3.8, 4) is 0 Å². The summed E-state index contributed by atoms with van der Waals surface area (Å²) < 4.78 is 11.2. The van der Waals surface area contributed by atoms with E-state index < -0.39 is 35.2 Å². The average Bonchev–Trinajstić information content (AvgIpc) is 3.24. The van der Waals surface area contributed by atoms with Crippen molar-refractivity contribution >= 4 is 35.4 Å². The molecular formula is C30H32N2O6. The Morgan fingerprint density at radius 2 is 0.921 bits per heavy atom. The molecule has 38 heavy (non-hydrogen) atoms. The molecule has 0 N–H and O–H groups in total. The van der Waals surface area contributed by atoms with Crippen LogP contribution in [0.15, 0.2) is 59.7 Å². The smallest absolute Gasteiger partial charge is 0.422 e. The Morgan fingerprint density at radius 1 is 0.605 bits per heavy atom. The molecule has 2 aliphatic heterocycles. The van der Waals surface area contributed by atoms with Crippen LogP contribution in [0.2, 0.25) is 0 Å². The lowest BCUT2D eigenvalue weighted by molar-refractivity contribution is -0.123. The fourth-order valence-electron chi connectivity index (χ4n) is 4.45. The van der Waals surface area contributed by atoms with Crippen LogP contribution in [0.1, 0.15) is 63.8 Å². The van der Waals surface area contributed by atoms with Crippen LogP contribution in [0, 0.1) is 13.8 Å². The highest BCUT2D eigenvalue weighted by Crippen LogP contribution is 2.48. The van der Waals surface area contributed by atoms with Crippen LogP contribution in [0.25, 0.3) is 11.4 Å². The van der Waals surface area contributed by atoms with Gasteiger partial charge in [0.05, 0.1) is 22.5 Å². The molecule has 0 bridgehead atoms. The first kappa shape index (κ1) is 26.9. The van der Waals surface area contributed by atoms with E-state index in [1.807, 2.05) is 38.1 Å². The summed E-state index contributed by atoms with van der Waals surface area (Å²) in [7, 11) is 0. The molecule has 2 heterocycles. The highest BCUT2D eigenvalue weighted by Gasteiger charge is 2.54. The second-order valence-electron chi connectivity index (χ2n) is 11.3. The van der Waals surface area contributed by atoms with E-state index in [4.69, 9.17) is 9.47 Å². The molecule has 0 aromatic heterocycles. The van der Waals surface area contributed by atoms with E-state index in [0.717, 1.165) is 20.9 Å². The quantitative estimate of drug-likeness (QED) is 0.487. The van der Waals surface area contributed by atoms with E-state index in [1.54, 1.807) is 65.8 Å². The molecule has 0 unspecified atom stereocenters. The van der Waals surface area contributed by atoms with Gasteiger partial charge in [-0.3, -0.25) is 9.59 Å². The summed E-state index contributed by atoms with van der Waals surface area (Å²) in [6.07, 6.45) is -1.81. The second-order valence-corrected chi connectivity index (χ2v) is 11.3. The summed E-state index contributed by atoms with van der Waals surface area (Å²) in [6, 6.07) is 14.2. The number of carbonyl (C=O) groups excluding carboxylic acids is 4. The highest BCUT2D eigenvalue weighted by atomic mass is 16.6. The SMILES string of the molecule is Cc1ccccc1C1=C2C(=O)N(C(=O)OC(C)(C)C)C(c3ccccc3C)=C2C(=O)N1C(=O)OC(C)(C)C. The average molecular weight is 517 g/mol. The Labute approximate surface area is 222 Å². The fraction of sp³-hybridized carbons (Fsp3) is 0.333. The number of hydrogen-bond donors (Lipinski definition) is 0. The molecule has 2 aromatic carbocycles. The molecule has 4 amide bonds. The van der Waals surface area contributed by atoms with Crippen LogP contribution in [-0.4, -0.2) is 45.0 Å². The van der Waals surface area contributed by atoms with Crippen molar-refractivity contribution in [2.75, 3.05) is 0 Å². The summed E-state index contributed by atoms with van der Waals surface area (Å²) in [4.78, 5) is 56.9. The zero-order valence-electron chi connectivity index (χ0n) is 23.0. The number of hydrogen-bond acceptors (Lipinski definition) is 6. The van der Waals surface area contributed by atoms with Crippen molar-refractivity contribution in [1.82, 2.24) is 9.80 Å². The first-order valence-corrected chi connectivity index (χ1v) is 12.4. The highest BCUT2D eigenvalue weighted by molar-refractivity contribution is 6.35. The molecule has 2 aliphatic rings. The lowest BCUT2D eigenvalue weighted by atomic mass is 9.98. The van der Waals surface area contributed by atoms with E-state index in [-0.39, 0.29) is 22.5 Å². The summed E-state index contributed by atoms with van der Waals surface area (Å²) in [5, 5.41) is 0. The van der Waals surface area contributed by atoms with E-state index in [9.17, 15) is 19.2 Å². The molecule has 8 heteroatoms. The van der Waals surface area contributed by atoms with Gasteiger partial charge in [-0.05, 0) is 66.5 Å². The number of ether oxygens (including phenoxy) is 2. The first-order chi connectivity index (χ1) is 17.6. The number of aryl methyl sites for hydroxylation is 2. The zero-order chi connectivity index (χ0) is 28.2. The predicted molar refractivity (Wildman–Crippen MR) is 142 cm³/mol. The van der Waals surface area contributed by atoms with Gasteiger partial charge in [-0.15, -0.1) is 0 Å². The Hall–Kier alpha value is -4.20. The third kappa shape index (κ3) is 4.74. The molecule has 0 radical (unpaired) electrons. The van der Waals surface area contributed by atoms with Gasteiger partial charge < -0.3 is 9.47 Å². The number of amides is 4. The van der Waals surface area contributed by atoms with Gasteiger partial charge >= 0.3 is 12.2 Å². The summed E-state index contributed by atoms with van der Waals surface area (Å²) in [5.41, 5.74) is 0.766. The monoisotopic (exact) mass is 516 g/mol. The van der Waals surface area contributed by atoms with Crippen LogP contribution < -0.4 is 0 Å². The van der Waals surface area contributed by atoms with Crippen LogP contribution in [0.3, 0.4) is 0 Å². The third-order valence-corrected chi connectivity index (χ3v) is 5.96. The molecule has 0 atom stereocenters. The van der Waals surface area contributed by atoms with E-state index in [2.05, 4.69) is 0 Å². The number of benzene rings is 2. The number of rotatable bonds is 2. The molecule has 8 nitrogen and oxygen atoms in total. The molecule has 4 rings (SSSR count). The molecule has 0 fully saturated rings. The summed E-state index contributed by atoms with van der Waals surface area (Å²) in [5.74, 6) is -1.49. The number of imide groups is 2. The van der Waals surface area contributed by atoms with Gasteiger partial charge in [0.25, 0.3) is 11.8 Å². The van der Waals surface area contributed by atoms with E-state index in [1.165, 1.54) is 0 Å². The van der Waals surface area contributed by atoms with Gasteiger partial charge in [-0.25, -0.2) is 19.4 Å². The lowest BCUT2D eigenvalue weighted by Gasteiger charge is -2.28. The van der Waals surface area contributed by atoms with Gasteiger partial charge in [0.2, 0.25) is 0 Å². The summed E-state index contributed by atoms with van der Waals surface area (Å²) >= 11 is 0. The number of carbonyl (C=O) groups is 4. The minimum atomic E-state index is -0.907. The van der Waals surface area contributed by atoms with Crippen molar-refractivity contribution in [3.05, 3.63) is 81.9 Å². The molecule has 2 aromatic rings. The standard InChI is InChI=1S/C30H32N2O6/c1-17-13-9-11-15-19(17)23-21-22(26(34)31(23)27(35)37-29(3,4)5)24(20-16-12-10-14-18(20)2)32(25(21)33)28(36)38-30(6,7)8/h9-16H,1-8H3. The van der Waals surface area contributed by atoms with Gasteiger partial charge in [0.15, 0.2) is 0 Å². The molecule has 198 valence electrons. The molecule has 0 saturated carbocycles. The minimum absolute atomic E-state index is 0.0423. The van der Waals surface area contributed by atoms with Crippen molar-refractivity contribution < 1.29 is 28.7 Å². The topological polar surface area (TPSA) is 93.2 Å². The van der Waals surface area contributed by atoms with Gasteiger partial charge in [-0.2, -0.15) is 0 Å². The number of fused-ring (bicyclic) bond motifs is 1. The van der Waals surface area contributed by atoms with E-state index in [0.29, 0.717) is 11.1 Å². The van der Waals surface area contributed by atoms with E-state index >= 15 is 0 Å². The Bertz CT molecular complexity index is 1330. The van der Waals surface area contributed by atoms with Gasteiger partial charge in [0.1, 0.15) is 11.2 Å². The Kier molecular flexibility index (Phi) is 6.55. The number of nitrogens with zero attached hydrogens (tertiary/aromatic N) is 2. The maximum atomic E-state index is 14.1.